The summed E-state index contributed by atoms with van der Waals surface area (Å²) < 4.78 is 36.9. The Bertz CT molecular complexity index is 316. The zero-order valence-corrected chi connectivity index (χ0v) is 18.5. The van der Waals surface area contributed by atoms with Gasteiger partial charge in [0.15, 0.2) is 0 Å². The lowest BCUT2D eigenvalue weighted by Gasteiger charge is -2.28. The van der Waals surface area contributed by atoms with Gasteiger partial charge in [-0.25, -0.2) is 0 Å². The Morgan fingerprint density at radius 2 is 1.04 bits per heavy atom. The molecule has 0 heterocycles. The van der Waals surface area contributed by atoms with Crippen LogP contribution in [0, 0.1) is 16.2 Å². The summed E-state index contributed by atoms with van der Waals surface area (Å²) in [4.78, 5) is 0. The second-order valence-electron chi connectivity index (χ2n) is 8.34. The molecule has 0 fully saturated rings. The number of halogens is 1. The number of unbranched alkanes of at least 4 members (excludes halogenated alkanes) is 13. The van der Waals surface area contributed by atoms with Gasteiger partial charge in [0.25, 0.3) is 0 Å². The topological polar surface area (TPSA) is 78.4 Å². The Kier molecular flexibility index (Phi) is 15.2. The first kappa shape index (κ1) is 26.1. The van der Waals surface area contributed by atoms with E-state index in [1.165, 1.54) is 83.5 Å². The first-order chi connectivity index (χ1) is 12.2. The zero-order chi connectivity index (χ0) is 19.9. The third kappa shape index (κ3) is 16.3. The monoisotopic (exact) mass is 394 g/mol. The maximum Gasteiger partial charge on any atom is 0.220 e. The van der Waals surface area contributed by atoms with E-state index in [0.29, 0.717) is 0 Å². The minimum atomic E-state index is -4.36. The van der Waals surface area contributed by atoms with E-state index in [-0.39, 0.29) is 5.92 Å². The molecule has 4 nitrogen and oxygen atoms in total. The molecule has 0 aromatic rings. The van der Waals surface area contributed by atoms with E-state index < -0.39 is 15.8 Å². The van der Waals surface area contributed by atoms with Gasteiger partial charge in [-0.15, -0.1) is 0 Å². The van der Waals surface area contributed by atoms with Gasteiger partial charge in [0.05, 0.1) is 14.5 Å². The minimum absolute atomic E-state index is 0.0380. The van der Waals surface area contributed by atoms with Gasteiger partial charge in [-0.3, -0.25) is 0 Å². The summed E-state index contributed by atoms with van der Waals surface area (Å²) >= 11 is 0. The Hall–Kier alpha value is 0.130. The fourth-order valence-corrected chi connectivity index (χ4v) is 3.95. The highest BCUT2D eigenvalue weighted by molar-refractivity contribution is 4.74. The van der Waals surface area contributed by atoms with Crippen LogP contribution in [0.3, 0.4) is 0 Å². The molecule has 0 radical (unpaired) electrons. The van der Waals surface area contributed by atoms with Crippen molar-refractivity contribution in [3.05, 3.63) is 0 Å². The van der Waals surface area contributed by atoms with E-state index in [4.69, 9.17) is 0 Å². The van der Waals surface area contributed by atoms with Gasteiger partial charge in [-0.1, -0.05) is 104 Å². The average molecular weight is 395 g/mol. The smallest absolute Gasteiger partial charge is 0.183 e. The molecule has 0 aromatic carbocycles. The van der Waals surface area contributed by atoms with Gasteiger partial charge in [0.1, 0.15) is 0 Å². The van der Waals surface area contributed by atoms with Crippen molar-refractivity contribution in [3.8, 4) is 0 Å². The Balaban J connectivity index is 3.43. The van der Waals surface area contributed by atoms with Crippen molar-refractivity contribution in [1.29, 1.82) is 0 Å². The van der Waals surface area contributed by atoms with Gasteiger partial charge in [-0.2, -0.15) is 14.0 Å². The summed E-state index contributed by atoms with van der Waals surface area (Å²) in [6.45, 7) is 7.55. The molecule has 0 rings (SSSR count). The van der Waals surface area contributed by atoms with Crippen molar-refractivity contribution >= 4 is 0 Å². The molecule has 1 unspecified atom stereocenters. The predicted octanol–water partition coefficient (Wildman–Crippen LogP) is 4.19. The van der Waals surface area contributed by atoms with E-state index in [9.17, 15) is 14.0 Å². The molecule has 0 aromatic heterocycles. The van der Waals surface area contributed by atoms with Crippen LogP contribution >= 0.6 is 0 Å². The maximum absolute atomic E-state index is 10.7. The SMILES string of the molecule is CCCCCCCCCCCCCCCCC(C)C(C)(C)O[Cl+3]([O-])([O-])[O-]. The van der Waals surface area contributed by atoms with Crippen LogP contribution < -0.4 is 14.0 Å². The molecule has 0 spiro atoms. The summed E-state index contributed by atoms with van der Waals surface area (Å²) in [6, 6.07) is 0. The zero-order valence-electron chi connectivity index (χ0n) is 17.7. The van der Waals surface area contributed by atoms with Crippen molar-refractivity contribution in [2.45, 2.75) is 130 Å². The van der Waals surface area contributed by atoms with E-state index in [1.807, 2.05) is 6.92 Å². The molecule has 5 heteroatoms. The number of rotatable bonds is 18. The molecule has 0 amide bonds. The summed E-state index contributed by atoms with van der Waals surface area (Å²) in [6.07, 6.45) is 19.4. The fraction of sp³-hybridized carbons (Fsp3) is 1.00. The molecule has 0 aliphatic rings. The summed E-state index contributed by atoms with van der Waals surface area (Å²) in [5, 5.41) is 0. The second-order valence-corrected chi connectivity index (χ2v) is 9.25. The Labute approximate surface area is 164 Å². The van der Waals surface area contributed by atoms with Crippen molar-refractivity contribution in [3.63, 3.8) is 0 Å². The van der Waals surface area contributed by atoms with Gasteiger partial charge in [0, 0.05) is 5.92 Å². The fourth-order valence-electron chi connectivity index (χ4n) is 3.31. The highest BCUT2D eigenvalue weighted by atomic mass is 35.7. The van der Waals surface area contributed by atoms with Crippen LogP contribution in [-0.4, -0.2) is 5.60 Å². The first-order valence-corrected chi connectivity index (χ1v) is 12.0. The predicted molar refractivity (Wildman–Crippen MR) is 99.3 cm³/mol. The quantitative estimate of drug-likeness (QED) is 0.326. The molecule has 1 atom stereocenters. The van der Waals surface area contributed by atoms with Gasteiger partial charge < -0.3 is 0 Å². The van der Waals surface area contributed by atoms with E-state index >= 15 is 0 Å². The number of hydrogen-bond donors (Lipinski definition) is 0. The third-order valence-electron chi connectivity index (χ3n) is 5.47. The van der Waals surface area contributed by atoms with Gasteiger partial charge in [0.2, 0.25) is 5.60 Å². The van der Waals surface area contributed by atoms with Crippen LogP contribution in [0.25, 0.3) is 0 Å². The Morgan fingerprint density at radius 3 is 1.38 bits per heavy atom. The van der Waals surface area contributed by atoms with Crippen LogP contribution in [0.1, 0.15) is 124 Å². The normalized spacial score (nSPS) is 14.0. The lowest BCUT2D eigenvalue weighted by molar-refractivity contribution is -1.92. The van der Waals surface area contributed by atoms with Gasteiger partial charge >= 0.3 is 0 Å². The molecule has 0 aliphatic heterocycles. The van der Waals surface area contributed by atoms with Crippen LogP contribution in [-0.2, 0) is 4.29 Å². The molecule has 0 saturated carbocycles. The first-order valence-electron chi connectivity index (χ1n) is 10.8. The summed E-state index contributed by atoms with van der Waals surface area (Å²) in [7, 11) is -4.36. The molecule has 26 heavy (non-hydrogen) atoms. The molecule has 0 N–H and O–H groups in total. The number of hydrogen-bond acceptors (Lipinski definition) is 4. The van der Waals surface area contributed by atoms with Crippen molar-refractivity contribution in [2.24, 2.45) is 5.92 Å². The van der Waals surface area contributed by atoms with Gasteiger partial charge in [-0.05, 0) is 20.3 Å². The lowest BCUT2D eigenvalue weighted by atomic mass is 9.88. The minimum Gasteiger partial charge on any atom is -0.183 e. The third-order valence-corrected chi connectivity index (χ3v) is 6.06. The highest BCUT2D eigenvalue weighted by Gasteiger charge is 2.41. The highest BCUT2D eigenvalue weighted by Crippen LogP contribution is 2.28. The molecular weight excluding hydrogens is 352 g/mol. The summed E-state index contributed by atoms with van der Waals surface area (Å²) in [5.74, 6) is 0.0380. The van der Waals surface area contributed by atoms with Crippen molar-refractivity contribution < 1.29 is 28.5 Å². The molecule has 0 bridgehead atoms. The Morgan fingerprint density at radius 1 is 0.692 bits per heavy atom. The van der Waals surface area contributed by atoms with Crippen molar-refractivity contribution in [1.82, 2.24) is 0 Å². The molecule has 0 aliphatic carbocycles. The second kappa shape index (κ2) is 15.1. The summed E-state index contributed by atoms with van der Waals surface area (Å²) in [5.41, 5.74) is -0.932. The van der Waals surface area contributed by atoms with E-state index in [0.717, 1.165) is 12.8 Å². The largest absolute Gasteiger partial charge is 0.220 e. The van der Waals surface area contributed by atoms with Crippen LogP contribution in [0.2, 0.25) is 0 Å². The van der Waals surface area contributed by atoms with E-state index in [2.05, 4.69) is 11.2 Å². The van der Waals surface area contributed by atoms with Crippen molar-refractivity contribution in [2.75, 3.05) is 0 Å². The molecule has 0 saturated heterocycles. The van der Waals surface area contributed by atoms with Crippen LogP contribution in [0.4, 0.5) is 0 Å². The standard InChI is InChI=1S/C21H43ClO4/c1-5-6-7-8-9-10-11-12-13-14-15-16-17-18-19-20(2)21(3,4)26-22(23,24)25/h20H,5-19H2,1-4H3. The van der Waals surface area contributed by atoms with Crippen LogP contribution in [0.5, 0.6) is 0 Å². The average Bonchev–Trinajstić information content (AvgIpc) is 2.52. The molecular formula is C21H43ClO4. The maximum atomic E-state index is 10.7. The molecule has 158 valence electrons. The lowest BCUT2D eigenvalue weighted by Crippen LogP contribution is -2.64. The van der Waals surface area contributed by atoms with Crippen LogP contribution in [0.15, 0.2) is 0 Å². The van der Waals surface area contributed by atoms with E-state index in [1.54, 1.807) is 13.8 Å².